The van der Waals surface area contributed by atoms with Crippen LogP contribution in [0.3, 0.4) is 0 Å². The van der Waals surface area contributed by atoms with Crippen molar-refractivity contribution in [1.29, 1.82) is 0 Å². The van der Waals surface area contributed by atoms with Crippen molar-refractivity contribution in [3.8, 4) is 0 Å². The van der Waals surface area contributed by atoms with Gasteiger partial charge in [-0.15, -0.1) is 23.7 Å². The zero-order valence-electron chi connectivity index (χ0n) is 11.8. The summed E-state index contributed by atoms with van der Waals surface area (Å²) in [5.74, 6) is 1.09. The molecule has 1 saturated carbocycles. The van der Waals surface area contributed by atoms with Gasteiger partial charge in [-0.2, -0.15) is 0 Å². The number of aromatic nitrogens is 1. The number of piperidine rings is 1. The van der Waals surface area contributed by atoms with Crippen molar-refractivity contribution >= 4 is 29.7 Å². The van der Waals surface area contributed by atoms with Crippen molar-refractivity contribution in [1.82, 2.24) is 15.2 Å². The zero-order valence-corrected chi connectivity index (χ0v) is 13.4. The lowest BCUT2D eigenvalue weighted by molar-refractivity contribution is 0.0709. The third-order valence-electron chi connectivity index (χ3n) is 4.01. The number of halogens is 1. The van der Waals surface area contributed by atoms with Gasteiger partial charge in [0.15, 0.2) is 0 Å². The highest BCUT2D eigenvalue weighted by Crippen LogP contribution is 2.28. The molecule has 4 nitrogen and oxygen atoms in total. The van der Waals surface area contributed by atoms with Crippen LogP contribution in [0.25, 0.3) is 0 Å². The van der Waals surface area contributed by atoms with Crippen LogP contribution in [0.15, 0.2) is 6.20 Å². The Labute approximate surface area is 130 Å². The molecular weight excluding hydrogens is 294 g/mol. The van der Waals surface area contributed by atoms with Gasteiger partial charge in [-0.1, -0.05) is 0 Å². The van der Waals surface area contributed by atoms with Gasteiger partial charge in [0.1, 0.15) is 4.88 Å². The van der Waals surface area contributed by atoms with E-state index in [2.05, 4.69) is 10.3 Å². The predicted octanol–water partition coefficient (Wildman–Crippen LogP) is 2.48. The maximum Gasteiger partial charge on any atom is 0.265 e. The lowest BCUT2D eigenvalue weighted by Gasteiger charge is -2.32. The summed E-state index contributed by atoms with van der Waals surface area (Å²) in [5, 5.41) is 4.60. The summed E-state index contributed by atoms with van der Waals surface area (Å²) in [6.45, 7) is 4.86. The van der Waals surface area contributed by atoms with Gasteiger partial charge in [0.2, 0.25) is 0 Å². The first-order chi connectivity index (χ1) is 9.22. The fourth-order valence-corrected chi connectivity index (χ4v) is 3.30. The van der Waals surface area contributed by atoms with E-state index in [4.69, 9.17) is 0 Å². The van der Waals surface area contributed by atoms with E-state index in [0.717, 1.165) is 41.7 Å². The number of aryl methyl sites for hydroxylation is 1. The molecule has 6 heteroatoms. The summed E-state index contributed by atoms with van der Waals surface area (Å²) in [6, 6.07) is 0.604. The van der Waals surface area contributed by atoms with E-state index >= 15 is 0 Å². The summed E-state index contributed by atoms with van der Waals surface area (Å²) < 4.78 is 0. The van der Waals surface area contributed by atoms with Gasteiger partial charge in [-0.3, -0.25) is 4.79 Å². The second-order valence-electron chi connectivity index (χ2n) is 5.66. The molecule has 1 N–H and O–H groups in total. The molecule has 3 rings (SSSR count). The van der Waals surface area contributed by atoms with Crippen LogP contribution in [-0.4, -0.2) is 41.5 Å². The molecule has 20 heavy (non-hydrogen) atoms. The van der Waals surface area contributed by atoms with E-state index in [0.29, 0.717) is 6.04 Å². The van der Waals surface area contributed by atoms with E-state index in [9.17, 15) is 4.79 Å². The first-order valence-corrected chi connectivity index (χ1v) is 7.99. The highest BCUT2D eigenvalue weighted by atomic mass is 35.5. The molecule has 2 fully saturated rings. The summed E-state index contributed by atoms with van der Waals surface area (Å²) in [6.07, 6.45) is 6.66. The number of hydrogen-bond acceptors (Lipinski definition) is 4. The summed E-state index contributed by atoms with van der Waals surface area (Å²) in [4.78, 5) is 19.2. The van der Waals surface area contributed by atoms with Crippen LogP contribution < -0.4 is 5.32 Å². The molecule has 112 valence electrons. The van der Waals surface area contributed by atoms with Gasteiger partial charge in [0.05, 0.1) is 11.2 Å². The highest BCUT2D eigenvalue weighted by Gasteiger charge is 2.26. The molecular formula is C14H22ClN3OS. The van der Waals surface area contributed by atoms with Crippen LogP contribution in [0.2, 0.25) is 0 Å². The Morgan fingerprint density at radius 2 is 2.10 bits per heavy atom. The minimum atomic E-state index is 0. The van der Waals surface area contributed by atoms with E-state index in [-0.39, 0.29) is 18.3 Å². The quantitative estimate of drug-likeness (QED) is 0.928. The molecule has 2 heterocycles. The van der Waals surface area contributed by atoms with Crippen LogP contribution in [0.4, 0.5) is 0 Å². The number of thiazole rings is 1. The Balaban J connectivity index is 0.00000147. The summed E-state index contributed by atoms with van der Waals surface area (Å²) in [5.41, 5.74) is 0. The first-order valence-electron chi connectivity index (χ1n) is 7.17. The minimum Gasteiger partial charge on any atom is -0.338 e. The number of carbonyl (C=O) groups excluding carboxylic acids is 1. The SMILES string of the molecule is Cc1ncc(C(=O)N2CCC(NCC3CC3)CC2)s1.Cl. The number of carbonyl (C=O) groups is 1. The fourth-order valence-electron chi connectivity index (χ4n) is 2.56. The monoisotopic (exact) mass is 315 g/mol. The zero-order chi connectivity index (χ0) is 13.2. The molecule has 0 aromatic carbocycles. The molecule has 2 aliphatic rings. The number of amides is 1. The molecule has 1 aromatic rings. The molecule has 1 aliphatic carbocycles. The highest BCUT2D eigenvalue weighted by molar-refractivity contribution is 7.13. The van der Waals surface area contributed by atoms with Gasteiger partial charge < -0.3 is 10.2 Å². The predicted molar refractivity (Wildman–Crippen MR) is 83.8 cm³/mol. The number of rotatable bonds is 4. The molecule has 1 aliphatic heterocycles. The molecule has 0 bridgehead atoms. The lowest BCUT2D eigenvalue weighted by Crippen LogP contribution is -2.45. The van der Waals surface area contributed by atoms with Gasteiger partial charge in [-0.25, -0.2) is 4.98 Å². The van der Waals surface area contributed by atoms with E-state index in [1.165, 1.54) is 30.7 Å². The number of nitrogens with zero attached hydrogens (tertiary/aromatic N) is 2. The largest absolute Gasteiger partial charge is 0.338 e. The summed E-state index contributed by atoms with van der Waals surface area (Å²) >= 11 is 1.49. The van der Waals surface area contributed by atoms with Crippen molar-refractivity contribution in [3.05, 3.63) is 16.1 Å². The third-order valence-corrected chi connectivity index (χ3v) is 4.91. The van der Waals surface area contributed by atoms with Crippen LogP contribution in [0.5, 0.6) is 0 Å². The smallest absolute Gasteiger partial charge is 0.265 e. The number of hydrogen-bond donors (Lipinski definition) is 1. The van der Waals surface area contributed by atoms with Crippen molar-refractivity contribution < 1.29 is 4.79 Å². The average molecular weight is 316 g/mol. The van der Waals surface area contributed by atoms with Gasteiger partial charge in [0.25, 0.3) is 5.91 Å². The van der Waals surface area contributed by atoms with Gasteiger partial charge >= 0.3 is 0 Å². The Bertz CT molecular complexity index is 453. The first kappa shape index (κ1) is 15.7. The fraction of sp³-hybridized carbons (Fsp3) is 0.714. The molecule has 0 unspecified atom stereocenters. The third kappa shape index (κ3) is 3.93. The number of nitrogens with one attached hydrogen (secondary N) is 1. The van der Waals surface area contributed by atoms with E-state index in [1.54, 1.807) is 6.20 Å². The van der Waals surface area contributed by atoms with E-state index < -0.39 is 0 Å². The Hall–Kier alpha value is -0.650. The summed E-state index contributed by atoms with van der Waals surface area (Å²) in [7, 11) is 0. The van der Waals surface area contributed by atoms with Crippen LogP contribution in [-0.2, 0) is 0 Å². The van der Waals surface area contributed by atoms with E-state index in [1.807, 2.05) is 11.8 Å². The topological polar surface area (TPSA) is 45.2 Å². The molecule has 1 amide bonds. The Morgan fingerprint density at radius 1 is 1.40 bits per heavy atom. The minimum absolute atomic E-state index is 0. The van der Waals surface area contributed by atoms with Crippen molar-refractivity contribution in [2.24, 2.45) is 5.92 Å². The molecule has 1 saturated heterocycles. The normalized spacial score (nSPS) is 19.8. The van der Waals surface area contributed by atoms with Crippen LogP contribution in [0.1, 0.15) is 40.4 Å². The van der Waals surface area contributed by atoms with Crippen LogP contribution in [0, 0.1) is 12.8 Å². The maximum absolute atomic E-state index is 12.3. The van der Waals surface area contributed by atoms with Crippen LogP contribution >= 0.6 is 23.7 Å². The standard InChI is InChI=1S/C14H21N3OS.ClH/c1-10-15-9-13(19-10)14(18)17-6-4-12(5-7-17)16-8-11-2-3-11;/h9,11-12,16H,2-8H2,1H3;1H. The Kier molecular flexibility index (Phi) is 5.41. The second kappa shape index (κ2) is 6.87. The number of likely N-dealkylation sites (tertiary alicyclic amines) is 1. The maximum atomic E-state index is 12.3. The molecule has 0 radical (unpaired) electrons. The average Bonchev–Trinajstić information content (AvgIpc) is 3.17. The molecule has 0 atom stereocenters. The van der Waals surface area contributed by atoms with Crippen molar-refractivity contribution in [2.45, 2.75) is 38.6 Å². The Morgan fingerprint density at radius 3 is 2.65 bits per heavy atom. The second-order valence-corrected chi connectivity index (χ2v) is 6.90. The van der Waals surface area contributed by atoms with Crippen molar-refractivity contribution in [2.75, 3.05) is 19.6 Å². The molecule has 1 aromatic heterocycles. The molecule has 0 spiro atoms. The van der Waals surface area contributed by atoms with Gasteiger partial charge in [-0.05, 0) is 45.1 Å². The van der Waals surface area contributed by atoms with Crippen molar-refractivity contribution in [3.63, 3.8) is 0 Å². The lowest BCUT2D eigenvalue weighted by atomic mass is 10.0. The van der Waals surface area contributed by atoms with Gasteiger partial charge in [0, 0.05) is 19.1 Å².